The molecule has 0 unspecified atom stereocenters. The van der Waals surface area contributed by atoms with E-state index in [-0.39, 0.29) is 17.9 Å². The Kier molecular flexibility index (Phi) is 6.56. The van der Waals surface area contributed by atoms with E-state index in [2.05, 4.69) is 55.3 Å². The van der Waals surface area contributed by atoms with Gasteiger partial charge in [-0.15, -0.1) is 0 Å². The molecule has 27 heavy (non-hydrogen) atoms. The average molecular weight is 385 g/mol. The van der Waals surface area contributed by atoms with Crippen molar-refractivity contribution in [2.75, 3.05) is 13.1 Å². The zero-order valence-corrected chi connectivity index (χ0v) is 17.2. The van der Waals surface area contributed by atoms with E-state index in [0.717, 1.165) is 48.6 Å². The van der Waals surface area contributed by atoms with Crippen LogP contribution in [0.3, 0.4) is 0 Å². The van der Waals surface area contributed by atoms with E-state index < -0.39 is 0 Å². The Morgan fingerprint density at radius 3 is 2.74 bits per heavy atom. The van der Waals surface area contributed by atoms with Gasteiger partial charge in [-0.3, -0.25) is 9.69 Å². The summed E-state index contributed by atoms with van der Waals surface area (Å²) >= 11 is 6.30. The molecular formula is C23H29ClN2O. The van der Waals surface area contributed by atoms with Crippen molar-refractivity contribution in [3.05, 3.63) is 69.7 Å². The molecule has 0 spiro atoms. The molecule has 1 heterocycles. The Hall–Kier alpha value is -1.84. The van der Waals surface area contributed by atoms with Gasteiger partial charge in [0.1, 0.15) is 0 Å². The molecule has 0 saturated carbocycles. The Labute approximate surface area is 167 Å². The zero-order valence-electron chi connectivity index (χ0n) is 16.5. The summed E-state index contributed by atoms with van der Waals surface area (Å²) in [7, 11) is 0. The van der Waals surface area contributed by atoms with Gasteiger partial charge in [0.25, 0.3) is 0 Å². The predicted octanol–water partition coefficient (Wildman–Crippen LogP) is 5.05. The van der Waals surface area contributed by atoms with Gasteiger partial charge >= 0.3 is 0 Å². The molecule has 3 nitrogen and oxygen atoms in total. The third kappa shape index (κ3) is 5.12. The highest BCUT2D eigenvalue weighted by atomic mass is 35.5. The number of amides is 1. The summed E-state index contributed by atoms with van der Waals surface area (Å²) in [4.78, 5) is 15.2. The molecule has 2 atom stereocenters. The average Bonchev–Trinajstić information content (AvgIpc) is 2.66. The number of likely N-dealkylation sites (tertiary alicyclic amines) is 1. The molecule has 2 aromatic carbocycles. The predicted molar refractivity (Wildman–Crippen MR) is 112 cm³/mol. The number of aryl methyl sites for hydroxylation is 2. The second-order valence-electron chi connectivity index (χ2n) is 7.74. The number of nitrogens with zero attached hydrogens (tertiary/aromatic N) is 1. The van der Waals surface area contributed by atoms with Crippen molar-refractivity contribution in [1.82, 2.24) is 10.2 Å². The molecule has 0 aromatic heterocycles. The Morgan fingerprint density at radius 2 is 2.00 bits per heavy atom. The molecule has 1 saturated heterocycles. The summed E-state index contributed by atoms with van der Waals surface area (Å²) in [6.07, 6.45) is 1.99. The van der Waals surface area contributed by atoms with Crippen molar-refractivity contribution in [1.29, 1.82) is 0 Å². The number of benzene rings is 2. The van der Waals surface area contributed by atoms with Gasteiger partial charge in [-0.2, -0.15) is 0 Å². The van der Waals surface area contributed by atoms with Crippen LogP contribution in [0, 0.1) is 19.8 Å². The fraction of sp³-hybridized carbons (Fsp3) is 0.435. The number of hydrogen-bond donors (Lipinski definition) is 1. The number of carbonyl (C=O) groups is 1. The van der Waals surface area contributed by atoms with Crippen LogP contribution in [0.2, 0.25) is 5.02 Å². The molecule has 1 fully saturated rings. The van der Waals surface area contributed by atoms with Crippen molar-refractivity contribution in [2.24, 2.45) is 5.92 Å². The summed E-state index contributed by atoms with van der Waals surface area (Å²) < 4.78 is 0. The fourth-order valence-corrected chi connectivity index (χ4v) is 3.92. The summed E-state index contributed by atoms with van der Waals surface area (Å²) in [6, 6.07) is 14.4. The van der Waals surface area contributed by atoms with Crippen molar-refractivity contribution in [3.8, 4) is 0 Å². The Morgan fingerprint density at radius 1 is 1.22 bits per heavy atom. The number of hydrogen-bond acceptors (Lipinski definition) is 2. The lowest BCUT2D eigenvalue weighted by Crippen LogP contribution is -2.43. The van der Waals surface area contributed by atoms with E-state index >= 15 is 0 Å². The van der Waals surface area contributed by atoms with Gasteiger partial charge in [0.15, 0.2) is 0 Å². The van der Waals surface area contributed by atoms with E-state index in [0.29, 0.717) is 0 Å². The van der Waals surface area contributed by atoms with Crippen LogP contribution in [0.25, 0.3) is 0 Å². The maximum absolute atomic E-state index is 12.8. The van der Waals surface area contributed by atoms with Gasteiger partial charge in [-0.05, 0) is 68.5 Å². The van der Waals surface area contributed by atoms with E-state index in [1.165, 1.54) is 11.1 Å². The molecule has 0 radical (unpaired) electrons. The molecule has 2 aromatic rings. The van der Waals surface area contributed by atoms with Crippen LogP contribution >= 0.6 is 11.6 Å². The number of carbonyl (C=O) groups excluding carboxylic acids is 1. The third-order valence-corrected chi connectivity index (χ3v) is 5.99. The first-order valence-corrected chi connectivity index (χ1v) is 10.1. The van der Waals surface area contributed by atoms with Crippen LogP contribution in [-0.2, 0) is 11.3 Å². The maximum atomic E-state index is 12.8. The van der Waals surface area contributed by atoms with Gasteiger partial charge in [-0.1, -0.05) is 48.0 Å². The van der Waals surface area contributed by atoms with E-state index in [1.807, 2.05) is 18.2 Å². The topological polar surface area (TPSA) is 32.3 Å². The van der Waals surface area contributed by atoms with Crippen molar-refractivity contribution >= 4 is 17.5 Å². The van der Waals surface area contributed by atoms with Crippen molar-refractivity contribution in [2.45, 2.75) is 46.2 Å². The highest BCUT2D eigenvalue weighted by Gasteiger charge is 2.27. The van der Waals surface area contributed by atoms with E-state index in [9.17, 15) is 4.79 Å². The van der Waals surface area contributed by atoms with Crippen LogP contribution in [0.15, 0.2) is 42.5 Å². The number of halogens is 1. The van der Waals surface area contributed by atoms with Crippen LogP contribution in [0.5, 0.6) is 0 Å². The second kappa shape index (κ2) is 8.90. The van der Waals surface area contributed by atoms with Gasteiger partial charge in [0.05, 0.1) is 12.0 Å². The third-order valence-electron chi connectivity index (χ3n) is 5.62. The summed E-state index contributed by atoms with van der Waals surface area (Å²) in [5.74, 6) is 0.194. The maximum Gasteiger partial charge on any atom is 0.224 e. The number of piperidine rings is 1. The second-order valence-corrected chi connectivity index (χ2v) is 8.15. The van der Waals surface area contributed by atoms with Crippen molar-refractivity contribution < 1.29 is 4.79 Å². The SMILES string of the molecule is Cc1ccc([C@H](C)NC(=O)[C@H]2CCCN(Cc3ccccc3Cl)C2)cc1C. The highest BCUT2D eigenvalue weighted by molar-refractivity contribution is 6.31. The minimum atomic E-state index is 0.0238. The highest BCUT2D eigenvalue weighted by Crippen LogP contribution is 2.23. The molecule has 0 aliphatic carbocycles. The first-order valence-electron chi connectivity index (χ1n) is 9.77. The first kappa shape index (κ1) is 19.9. The smallest absolute Gasteiger partial charge is 0.224 e. The summed E-state index contributed by atoms with van der Waals surface area (Å²) in [5, 5.41) is 4.02. The molecule has 1 N–H and O–H groups in total. The molecule has 1 aliphatic heterocycles. The molecule has 0 bridgehead atoms. The van der Waals surface area contributed by atoms with Gasteiger partial charge < -0.3 is 5.32 Å². The van der Waals surface area contributed by atoms with Gasteiger partial charge in [0.2, 0.25) is 5.91 Å². The summed E-state index contributed by atoms with van der Waals surface area (Å²) in [5.41, 5.74) is 4.83. The Bertz CT molecular complexity index is 805. The minimum absolute atomic E-state index is 0.0238. The fourth-order valence-electron chi connectivity index (χ4n) is 3.73. The summed E-state index contributed by atoms with van der Waals surface area (Å²) in [6.45, 7) is 8.89. The van der Waals surface area contributed by atoms with Crippen LogP contribution in [0.1, 0.15) is 48.1 Å². The molecule has 1 aliphatic rings. The Balaban J connectivity index is 1.59. The van der Waals surface area contributed by atoms with Gasteiger partial charge in [0, 0.05) is 18.1 Å². The van der Waals surface area contributed by atoms with E-state index in [4.69, 9.17) is 11.6 Å². The van der Waals surface area contributed by atoms with Crippen LogP contribution in [0.4, 0.5) is 0 Å². The lowest BCUT2D eigenvalue weighted by Gasteiger charge is -2.33. The van der Waals surface area contributed by atoms with Crippen molar-refractivity contribution in [3.63, 3.8) is 0 Å². The number of nitrogens with one attached hydrogen (secondary N) is 1. The van der Waals surface area contributed by atoms with Crippen LogP contribution < -0.4 is 5.32 Å². The lowest BCUT2D eigenvalue weighted by atomic mass is 9.95. The van der Waals surface area contributed by atoms with E-state index in [1.54, 1.807) is 0 Å². The molecule has 3 rings (SSSR count). The largest absolute Gasteiger partial charge is 0.349 e. The first-order chi connectivity index (χ1) is 12.9. The normalized spacial score (nSPS) is 18.9. The lowest BCUT2D eigenvalue weighted by molar-refractivity contribution is -0.127. The molecule has 144 valence electrons. The molecule has 1 amide bonds. The standard InChI is InChI=1S/C23H29ClN2O/c1-16-10-11-19(13-17(16)2)18(3)25-23(27)21-8-6-12-26(15-21)14-20-7-4-5-9-22(20)24/h4-5,7,9-11,13,18,21H,6,8,12,14-15H2,1-3H3,(H,25,27)/t18-,21-/m0/s1. The molecule has 4 heteroatoms. The number of rotatable bonds is 5. The van der Waals surface area contributed by atoms with Crippen LogP contribution in [-0.4, -0.2) is 23.9 Å². The monoisotopic (exact) mass is 384 g/mol. The molecular weight excluding hydrogens is 356 g/mol. The minimum Gasteiger partial charge on any atom is -0.349 e. The quantitative estimate of drug-likeness (QED) is 0.782. The van der Waals surface area contributed by atoms with Gasteiger partial charge in [-0.25, -0.2) is 0 Å². The zero-order chi connectivity index (χ0) is 19.4.